The average molecular weight is 278 g/mol. The smallest absolute Gasteiger partial charge is 0.123 e. The van der Waals surface area contributed by atoms with Crippen molar-refractivity contribution in [3.8, 4) is 0 Å². The summed E-state index contributed by atoms with van der Waals surface area (Å²) in [6, 6.07) is 8.36. The van der Waals surface area contributed by atoms with Crippen molar-refractivity contribution in [2.45, 2.75) is 26.8 Å². The van der Waals surface area contributed by atoms with Gasteiger partial charge in [0.1, 0.15) is 5.82 Å². The van der Waals surface area contributed by atoms with Crippen LogP contribution in [0.4, 0.5) is 4.39 Å². The Bertz CT molecular complexity index is 622. The van der Waals surface area contributed by atoms with Crippen molar-refractivity contribution < 1.29 is 4.39 Å². The van der Waals surface area contributed by atoms with Gasteiger partial charge in [0.15, 0.2) is 0 Å². The van der Waals surface area contributed by atoms with Gasteiger partial charge < -0.3 is 5.73 Å². The summed E-state index contributed by atoms with van der Waals surface area (Å²) >= 11 is 6.10. The number of nitrogens with two attached hydrogens (primary N) is 1. The summed E-state index contributed by atoms with van der Waals surface area (Å²) in [5, 5.41) is 0.740. The topological polar surface area (TPSA) is 26.0 Å². The van der Waals surface area contributed by atoms with Gasteiger partial charge in [-0.15, -0.1) is 0 Å². The van der Waals surface area contributed by atoms with E-state index in [0.29, 0.717) is 0 Å². The second-order valence-electron chi connectivity index (χ2n) is 4.94. The van der Waals surface area contributed by atoms with Crippen LogP contribution in [0, 0.1) is 26.6 Å². The van der Waals surface area contributed by atoms with Crippen LogP contribution in [0.5, 0.6) is 0 Å². The van der Waals surface area contributed by atoms with Crippen LogP contribution in [-0.4, -0.2) is 0 Å². The second-order valence-corrected chi connectivity index (χ2v) is 5.34. The third-order valence-electron chi connectivity index (χ3n) is 3.45. The van der Waals surface area contributed by atoms with E-state index in [1.165, 1.54) is 12.1 Å². The van der Waals surface area contributed by atoms with Crippen LogP contribution in [0.2, 0.25) is 5.02 Å². The van der Waals surface area contributed by atoms with Gasteiger partial charge in [-0.3, -0.25) is 0 Å². The summed E-state index contributed by atoms with van der Waals surface area (Å²) in [7, 11) is 0. The Balaban J connectivity index is 2.49. The molecule has 1 nitrogen and oxygen atoms in total. The zero-order chi connectivity index (χ0) is 14.2. The van der Waals surface area contributed by atoms with Crippen molar-refractivity contribution in [2.75, 3.05) is 0 Å². The van der Waals surface area contributed by atoms with Gasteiger partial charge in [-0.05, 0) is 66.8 Å². The summed E-state index contributed by atoms with van der Waals surface area (Å²) in [6.07, 6.45) is 0. The van der Waals surface area contributed by atoms with Crippen LogP contribution >= 0.6 is 11.6 Å². The molecule has 0 spiro atoms. The lowest BCUT2D eigenvalue weighted by Gasteiger charge is -2.18. The molecule has 19 heavy (non-hydrogen) atoms. The highest BCUT2D eigenvalue weighted by atomic mass is 35.5. The average Bonchev–Trinajstić information content (AvgIpc) is 2.33. The van der Waals surface area contributed by atoms with E-state index in [2.05, 4.69) is 0 Å². The number of hydrogen-bond acceptors (Lipinski definition) is 1. The molecule has 100 valence electrons. The van der Waals surface area contributed by atoms with E-state index in [-0.39, 0.29) is 11.9 Å². The Hall–Kier alpha value is -1.38. The third-order valence-corrected chi connectivity index (χ3v) is 3.86. The fourth-order valence-corrected chi connectivity index (χ4v) is 2.51. The Morgan fingerprint density at radius 2 is 1.58 bits per heavy atom. The highest BCUT2D eigenvalue weighted by Gasteiger charge is 2.15. The van der Waals surface area contributed by atoms with E-state index in [0.717, 1.165) is 32.8 Å². The molecule has 0 bridgehead atoms. The highest BCUT2D eigenvalue weighted by molar-refractivity contribution is 6.31. The maximum absolute atomic E-state index is 13.2. The molecule has 0 saturated heterocycles. The lowest BCUT2D eigenvalue weighted by atomic mass is 9.92. The monoisotopic (exact) mass is 277 g/mol. The number of rotatable bonds is 2. The van der Waals surface area contributed by atoms with Gasteiger partial charge >= 0.3 is 0 Å². The minimum Gasteiger partial charge on any atom is -0.320 e. The van der Waals surface area contributed by atoms with Crippen LogP contribution in [0.15, 0.2) is 30.3 Å². The largest absolute Gasteiger partial charge is 0.320 e. The standard InChI is InChI=1S/C16H17ClFN/c1-9-6-12(18)4-5-13(9)16(19)14-7-11(3)15(17)8-10(14)2/h4-8,16H,19H2,1-3H3. The van der Waals surface area contributed by atoms with Crippen LogP contribution in [0.1, 0.15) is 33.9 Å². The number of aryl methyl sites for hydroxylation is 3. The first kappa shape index (κ1) is 14.0. The van der Waals surface area contributed by atoms with Crippen molar-refractivity contribution >= 4 is 11.6 Å². The molecule has 2 aromatic carbocycles. The minimum atomic E-state index is -0.267. The van der Waals surface area contributed by atoms with Crippen molar-refractivity contribution in [1.82, 2.24) is 0 Å². The van der Waals surface area contributed by atoms with Crippen LogP contribution in [-0.2, 0) is 0 Å². The van der Waals surface area contributed by atoms with E-state index in [9.17, 15) is 4.39 Å². The predicted molar refractivity (Wildman–Crippen MR) is 78.1 cm³/mol. The SMILES string of the molecule is Cc1cc(C(N)c2ccc(F)cc2C)c(C)cc1Cl. The van der Waals surface area contributed by atoms with Crippen LogP contribution < -0.4 is 5.73 Å². The summed E-state index contributed by atoms with van der Waals surface area (Å²) in [5.74, 6) is -0.238. The molecule has 2 rings (SSSR count). The molecule has 0 aromatic heterocycles. The third kappa shape index (κ3) is 2.80. The molecule has 0 amide bonds. The molecule has 1 atom stereocenters. The van der Waals surface area contributed by atoms with Gasteiger partial charge in [0.2, 0.25) is 0 Å². The van der Waals surface area contributed by atoms with E-state index in [4.69, 9.17) is 17.3 Å². The molecule has 0 radical (unpaired) electrons. The van der Waals surface area contributed by atoms with Gasteiger partial charge in [0.25, 0.3) is 0 Å². The summed E-state index contributed by atoms with van der Waals surface area (Å²) < 4.78 is 13.2. The molecule has 0 heterocycles. The highest BCUT2D eigenvalue weighted by Crippen LogP contribution is 2.29. The zero-order valence-corrected chi connectivity index (χ0v) is 12.1. The molecule has 0 aliphatic heterocycles. The molecule has 0 saturated carbocycles. The molecular weight excluding hydrogens is 261 g/mol. The maximum Gasteiger partial charge on any atom is 0.123 e. The Kier molecular flexibility index (Phi) is 3.93. The van der Waals surface area contributed by atoms with E-state index in [1.807, 2.05) is 32.9 Å². The molecule has 0 fully saturated rings. The van der Waals surface area contributed by atoms with Gasteiger partial charge in [-0.2, -0.15) is 0 Å². The molecule has 0 aliphatic carbocycles. The van der Waals surface area contributed by atoms with Crippen molar-refractivity contribution in [3.63, 3.8) is 0 Å². The second kappa shape index (κ2) is 5.32. The van der Waals surface area contributed by atoms with Crippen molar-refractivity contribution in [3.05, 3.63) is 69.0 Å². The normalized spacial score (nSPS) is 12.5. The summed E-state index contributed by atoms with van der Waals surface area (Å²) in [4.78, 5) is 0. The summed E-state index contributed by atoms with van der Waals surface area (Å²) in [5.41, 5.74) is 11.2. The fourth-order valence-electron chi connectivity index (χ4n) is 2.29. The fraction of sp³-hybridized carbons (Fsp3) is 0.250. The number of halogens is 2. The molecule has 3 heteroatoms. The molecule has 0 aliphatic rings. The quantitative estimate of drug-likeness (QED) is 0.862. The summed E-state index contributed by atoms with van der Waals surface area (Å²) in [6.45, 7) is 5.81. The van der Waals surface area contributed by atoms with E-state index < -0.39 is 0 Å². The predicted octanol–water partition coefficient (Wildman–Crippen LogP) is 4.45. The number of hydrogen-bond donors (Lipinski definition) is 1. The van der Waals surface area contributed by atoms with Gasteiger partial charge in [0, 0.05) is 5.02 Å². The van der Waals surface area contributed by atoms with Gasteiger partial charge in [0.05, 0.1) is 6.04 Å². The van der Waals surface area contributed by atoms with Crippen molar-refractivity contribution in [1.29, 1.82) is 0 Å². The Morgan fingerprint density at radius 1 is 0.947 bits per heavy atom. The Labute approximate surface area is 118 Å². The van der Waals surface area contributed by atoms with Gasteiger partial charge in [-0.1, -0.05) is 23.7 Å². The lowest BCUT2D eigenvalue weighted by molar-refractivity contribution is 0.624. The van der Waals surface area contributed by atoms with E-state index >= 15 is 0 Å². The first-order valence-electron chi connectivity index (χ1n) is 6.18. The Morgan fingerprint density at radius 3 is 2.21 bits per heavy atom. The first-order valence-corrected chi connectivity index (χ1v) is 6.56. The van der Waals surface area contributed by atoms with Crippen molar-refractivity contribution in [2.24, 2.45) is 5.73 Å². The first-order chi connectivity index (χ1) is 8.90. The molecule has 2 aromatic rings. The van der Waals surface area contributed by atoms with Crippen LogP contribution in [0.3, 0.4) is 0 Å². The van der Waals surface area contributed by atoms with Crippen LogP contribution in [0.25, 0.3) is 0 Å². The molecule has 2 N–H and O–H groups in total. The molecular formula is C16H17ClFN. The minimum absolute atomic E-state index is 0.238. The van der Waals surface area contributed by atoms with Gasteiger partial charge in [-0.25, -0.2) is 4.39 Å². The molecule has 1 unspecified atom stereocenters. The zero-order valence-electron chi connectivity index (χ0n) is 11.3. The maximum atomic E-state index is 13.2. The lowest BCUT2D eigenvalue weighted by Crippen LogP contribution is -2.15. The number of benzene rings is 2. The van der Waals surface area contributed by atoms with E-state index in [1.54, 1.807) is 6.07 Å².